The summed E-state index contributed by atoms with van der Waals surface area (Å²) >= 11 is 0. The van der Waals surface area contributed by atoms with E-state index in [0.717, 1.165) is 77.0 Å². The first-order valence-corrected chi connectivity index (χ1v) is 36.0. The normalized spacial score (nSPS) is 12.6. The molecule has 0 spiro atoms. The van der Waals surface area contributed by atoms with E-state index in [1.807, 2.05) is 0 Å². The van der Waals surface area contributed by atoms with Crippen molar-refractivity contribution in [2.75, 3.05) is 13.2 Å². The fourth-order valence-electron chi connectivity index (χ4n) is 10.9. The number of allylic oxidation sites excluding steroid dienone is 12. The van der Waals surface area contributed by atoms with Crippen molar-refractivity contribution in [1.82, 2.24) is 0 Å². The first-order chi connectivity index (χ1) is 40.1. The van der Waals surface area contributed by atoms with Crippen LogP contribution in [0.25, 0.3) is 0 Å². The molecule has 0 rings (SSSR count). The largest absolute Gasteiger partial charge is 0.462 e. The van der Waals surface area contributed by atoms with Crippen LogP contribution < -0.4 is 0 Å². The number of rotatable bonds is 67. The van der Waals surface area contributed by atoms with Gasteiger partial charge in [0.05, 0.1) is 6.61 Å². The molecule has 0 aromatic heterocycles. The van der Waals surface area contributed by atoms with Crippen molar-refractivity contribution in [1.29, 1.82) is 0 Å². The van der Waals surface area contributed by atoms with Gasteiger partial charge in [0, 0.05) is 12.8 Å². The van der Waals surface area contributed by atoms with Crippen molar-refractivity contribution >= 4 is 11.9 Å². The molecule has 1 unspecified atom stereocenters. The molecule has 472 valence electrons. The van der Waals surface area contributed by atoms with Crippen molar-refractivity contribution in [3.63, 3.8) is 0 Å². The molecule has 0 amide bonds. The van der Waals surface area contributed by atoms with Crippen molar-refractivity contribution < 1.29 is 24.2 Å². The third-order valence-electron chi connectivity index (χ3n) is 16.3. The van der Waals surface area contributed by atoms with E-state index in [9.17, 15) is 14.7 Å². The Kier molecular flexibility index (Phi) is 69.3. The second kappa shape index (κ2) is 71.6. The summed E-state index contributed by atoms with van der Waals surface area (Å²) in [5.74, 6) is -0.581. The van der Waals surface area contributed by atoms with Gasteiger partial charge in [-0.3, -0.25) is 9.59 Å². The predicted molar refractivity (Wildman–Crippen MR) is 357 cm³/mol. The molecule has 1 N–H and O–H groups in total. The average molecular weight is 1130 g/mol. The van der Waals surface area contributed by atoms with E-state index in [1.54, 1.807) is 0 Å². The van der Waals surface area contributed by atoms with Crippen LogP contribution in [0, 0.1) is 0 Å². The summed E-state index contributed by atoms with van der Waals surface area (Å²) in [6.45, 7) is 4.07. The zero-order chi connectivity index (χ0) is 58.4. The van der Waals surface area contributed by atoms with Gasteiger partial charge in [0.25, 0.3) is 0 Å². The van der Waals surface area contributed by atoms with Crippen LogP contribution in [0.3, 0.4) is 0 Å². The van der Waals surface area contributed by atoms with Crippen LogP contribution in [0.2, 0.25) is 0 Å². The monoisotopic (exact) mass is 1130 g/mol. The average Bonchev–Trinajstić information content (AvgIpc) is 3.47. The second-order valence-corrected chi connectivity index (χ2v) is 24.3. The van der Waals surface area contributed by atoms with E-state index in [1.165, 1.54) is 276 Å². The first-order valence-electron chi connectivity index (χ1n) is 36.0. The van der Waals surface area contributed by atoms with Gasteiger partial charge in [-0.05, 0) is 64.2 Å². The summed E-state index contributed by atoms with van der Waals surface area (Å²) < 4.78 is 10.8. The quantitative estimate of drug-likeness (QED) is 0.0373. The Balaban J connectivity index is 3.41. The molecule has 0 saturated heterocycles. The standard InChI is InChI=1S/C76H138O5/c1-3-5-7-9-11-13-15-17-19-21-23-25-27-29-31-33-34-35-36-37-38-39-40-41-43-44-46-48-50-52-54-56-58-60-62-64-66-68-70-75(78)80-73-74(72-77)81-76(79)71-69-67-65-63-61-59-57-55-53-51-49-47-45-42-32-30-28-26-24-22-20-18-16-14-12-10-8-6-4-2/h6,8,12,14,18,20,24,26,30,32,45,47,74,77H,3-5,7,9-11,13,15-17,19,21-23,25,27-29,31,33-44,46,48-73H2,1-2H3/b8-6-,14-12-,20-18-,26-24-,32-30-,47-45-. The molecule has 0 aliphatic rings. The van der Waals surface area contributed by atoms with Gasteiger partial charge >= 0.3 is 11.9 Å². The summed E-state index contributed by atoms with van der Waals surface area (Å²) in [5.41, 5.74) is 0. The molecular weight excluding hydrogens is 993 g/mol. The summed E-state index contributed by atoms with van der Waals surface area (Å²) in [5, 5.41) is 9.70. The number of esters is 2. The van der Waals surface area contributed by atoms with Crippen molar-refractivity contribution in [2.45, 2.75) is 386 Å². The van der Waals surface area contributed by atoms with Crippen LogP contribution in [-0.2, 0) is 19.1 Å². The van der Waals surface area contributed by atoms with Crippen LogP contribution in [0.15, 0.2) is 72.9 Å². The maximum Gasteiger partial charge on any atom is 0.306 e. The maximum absolute atomic E-state index is 12.4. The lowest BCUT2D eigenvalue weighted by Crippen LogP contribution is -2.28. The Morgan fingerprint density at radius 2 is 0.531 bits per heavy atom. The number of unbranched alkanes of at least 4 members (excludes halogenated alkanes) is 47. The van der Waals surface area contributed by atoms with Gasteiger partial charge in [0.15, 0.2) is 6.10 Å². The Morgan fingerprint density at radius 3 is 0.802 bits per heavy atom. The molecule has 0 fully saturated rings. The van der Waals surface area contributed by atoms with Gasteiger partial charge in [0.1, 0.15) is 6.61 Å². The van der Waals surface area contributed by atoms with Crippen LogP contribution in [0.1, 0.15) is 380 Å². The SMILES string of the molecule is CC/C=C\C/C=C\C/C=C\C/C=C\C/C=C\C/C=C\CCCCCCCCCCCCC(=O)OC(CO)COC(=O)CCCCCCCCCCCCCCCCCCCCCCCCCCCCCCCCCCCCCCCC. The van der Waals surface area contributed by atoms with E-state index in [0.29, 0.717) is 12.8 Å². The van der Waals surface area contributed by atoms with Gasteiger partial charge in [-0.25, -0.2) is 0 Å². The lowest BCUT2D eigenvalue weighted by atomic mass is 10.0. The highest BCUT2D eigenvalue weighted by Gasteiger charge is 2.16. The number of carbonyl (C=O) groups is 2. The number of hydrogen-bond donors (Lipinski definition) is 1. The topological polar surface area (TPSA) is 72.8 Å². The Bertz CT molecular complexity index is 1420. The van der Waals surface area contributed by atoms with Crippen molar-refractivity contribution in [3.05, 3.63) is 72.9 Å². The van der Waals surface area contributed by atoms with E-state index in [4.69, 9.17) is 9.47 Å². The van der Waals surface area contributed by atoms with Gasteiger partial charge in [-0.1, -0.05) is 376 Å². The highest BCUT2D eigenvalue weighted by Crippen LogP contribution is 2.19. The summed E-state index contributed by atoms with van der Waals surface area (Å²) in [6, 6.07) is 0. The van der Waals surface area contributed by atoms with E-state index in [-0.39, 0.29) is 25.2 Å². The second-order valence-electron chi connectivity index (χ2n) is 24.3. The number of hydrogen-bond acceptors (Lipinski definition) is 5. The third kappa shape index (κ3) is 69.7. The molecule has 5 nitrogen and oxygen atoms in total. The Morgan fingerprint density at radius 1 is 0.296 bits per heavy atom. The molecule has 0 aromatic carbocycles. The first kappa shape index (κ1) is 78.3. The summed E-state index contributed by atoms with van der Waals surface area (Å²) in [4.78, 5) is 24.7. The lowest BCUT2D eigenvalue weighted by molar-refractivity contribution is -0.161. The fraction of sp³-hybridized carbons (Fsp3) is 0.816. The Labute approximate surface area is 505 Å². The smallest absolute Gasteiger partial charge is 0.306 e. The molecule has 0 bridgehead atoms. The number of aliphatic hydroxyl groups is 1. The lowest BCUT2D eigenvalue weighted by Gasteiger charge is -2.15. The minimum Gasteiger partial charge on any atom is -0.462 e. The van der Waals surface area contributed by atoms with Gasteiger partial charge in [0.2, 0.25) is 0 Å². The Hall–Kier alpha value is -2.66. The van der Waals surface area contributed by atoms with E-state index >= 15 is 0 Å². The summed E-state index contributed by atoms with van der Waals surface area (Å²) in [6.07, 6.45) is 99.6. The van der Waals surface area contributed by atoms with Crippen LogP contribution in [-0.4, -0.2) is 36.4 Å². The molecule has 0 heterocycles. The molecule has 5 heteroatoms. The van der Waals surface area contributed by atoms with Crippen molar-refractivity contribution in [3.8, 4) is 0 Å². The zero-order valence-electron chi connectivity index (χ0n) is 54.3. The minimum atomic E-state index is -0.778. The fourth-order valence-corrected chi connectivity index (χ4v) is 10.9. The van der Waals surface area contributed by atoms with Crippen LogP contribution in [0.5, 0.6) is 0 Å². The van der Waals surface area contributed by atoms with Gasteiger partial charge in [-0.2, -0.15) is 0 Å². The van der Waals surface area contributed by atoms with Crippen LogP contribution >= 0.6 is 0 Å². The maximum atomic E-state index is 12.4. The molecule has 0 aliphatic carbocycles. The summed E-state index contributed by atoms with van der Waals surface area (Å²) in [7, 11) is 0. The van der Waals surface area contributed by atoms with E-state index in [2.05, 4.69) is 86.8 Å². The highest BCUT2D eigenvalue weighted by molar-refractivity contribution is 5.70. The number of carbonyl (C=O) groups excluding carboxylic acids is 2. The molecule has 1 atom stereocenters. The molecular formula is C76H138O5. The van der Waals surface area contributed by atoms with E-state index < -0.39 is 6.10 Å². The zero-order valence-corrected chi connectivity index (χ0v) is 54.3. The third-order valence-corrected chi connectivity index (χ3v) is 16.3. The highest BCUT2D eigenvalue weighted by atomic mass is 16.6. The molecule has 0 aliphatic heterocycles. The minimum absolute atomic E-state index is 0.0662. The molecule has 0 aromatic rings. The molecule has 0 saturated carbocycles. The molecule has 0 radical (unpaired) electrons. The van der Waals surface area contributed by atoms with Gasteiger partial charge < -0.3 is 14.6 Å². The number of aliphatic hydroxyl groups excluding tert-OH is 1. The predicted octanol–water partition coefficient (Wildman–Crippen LogP) is 25.0. The molecule has 81 heavy (non-hydrogen) atoms. The van der Waals surface area contributed by atoms with Crippen LogP contribution in [0.4, 0.5) is 0 Å². The van der Waals surface area contributed by atoms with Crippen molar-refractivity contribution in [2.24, 2.45) is 0 Å². The number of ether oxygens (including phenoxy) is 2. The van der Waals surface area contributed by atoms with Gasteiger partial charge in [-0.15, -0.1) is 0 Å².